The van der Waals surface area contributed by atoms with Gasteiger partial charge in [-0.3, -0.25) is 0 Å². The molecular formula is C8H5F2N. The zero-order valence-electron chi connectivity index (χ0n) is 5.86. The van der Waals surface area contributed by atoms with Gasteiger partial charge < -0.3 is 0 Å². The highest BCUT2D eigenvalue weighted by Gasteiger charge is 2.05. The highest BCUT2D eigenvalue weighted by molar-refractivity contribution is 5.37. The molecule has 0 radical (unpaired) electrons. The number of hydrogen-bond donors (Lipinski definition) is 0. The summed E-state index contributed by atoms with van der Waals surface area (Å²) in [5, 5.41) is 8.39. The van der Waals surface area contributed by atoms with Crippen LogP contribution in [0.15, 0.2) is 12.1 Å². The van der Waals surface area contributed by atoms with E-state index in [4.69, 9.17) is 5.26 Å². The van der Waals surface area contributed by atoms with Crippen molar-refractivity contribution in [3.63, 3.8) is 0 Å². The van der Waals surface area contributed by atoms with Gasteiger partial charge in [0.25, 0.3) is 0 Å². The van der Waals surface area contributed by atoms with Gasteiger partial charge in [0.15, 0.2) is 11.6 Å². The van der Waals surface area contributed by atoms with Crippen LogP contribution in [0.5, 0.6) is 0 Å². The second-order valence-corrected chi connectivity index (χ2v) is 2.19. The Morgan fingerprint density at radius 1 is 1.27 bits per heavy atom. The number of rotatable bonds is 0. The quantitative estimate of drug-likeness (QED) is 0.560. The smallest absolute Gasteiger partial charge is 0.160 e. The van der Waals surface area contributed by atoms with Crippen LogP contribution in [-0.2, 0) is 0 Å². The summed E-state index contributed by atoms with van der Waals surface area (Å²) in [5.74, 6) is -1.89. The molecule has 0 saturated carbocycles. The van der Waals surface area contributed by atoms with Crippen molar-refractivity contribution < 1.29 is 8.78 Å². The lowest BCUT2D eigenvalue weighted by atomic mass is 10.1. The average Bonchev–Trinajstić information content (AvgIpc) is 1.97. The Morgan fingerprint density at radius 2 is 1.82 bits per heavy atom. The van der Waals surface area contributed by atoms with Crippen molar-refractivity contribution in [2.75, 3.05) is 0 Å². The van der Waals surface area contributed by atoms with Gasteiger partial charge in [-0.15, -0.1) is 0 Å². The Labute approximate surface area is 62.9 Å². The Hall–Kier alpha value is -1.43. The zero-order chi connectivity index (χ0) is 8.43. The highest BCUT2D eigenvalue weighted by Crippen LogP contribution is 2.12. The first-order valence-electron chi connectivity index (χ1n) is 3.01. The fourth-order valence-electron chi connectivity index (χ4n) is 0.767. The molecule has 1 aromatic carbocycles. The summed E-state index contributed by atoms with van der Waals surface area (Å²) in [5.41, 5.74) is 0.621. The van der Waals surface area contributed by atoms with Crippen LogP contribution in [0.1, 0.15) is 11.1 Å². The largest absolute Gasteiger partial charge is 0.204 e. The number of hydrogen-bond acceptors (Lipinski definition) is 1. The fraction of sp³-hybridized carbons (Fsp3) is 0.125. The van der Waals surface area contributed by atoms with Crippen molar-refractivity contribution in [1.82, 2.24) is 0 Å². The van der Waals surface area contributed by atoms with Crippen LogP contribution in [0.3, 0.4) is 0 Å². The molecule has 0 unspecified atom stereocenters. The summed E-state index contributed by atoms with van der Waals surface area (Å²) in [6.07, 6.45) is 0. The van der Waals surface area contributed by atoms with Gasteiger partial charge in [-0.05, 0) is 24.6 Å². The third-order valence-corrected chi connectivity index (χ3v) is 1.39. The maximum absolute atomic E-state index is 12.4. The van der Waals surface area contributed by atoms with Gasteiger partial charge in [0.1, 0.15) is 0 Å². The molecule has 3 heteroatoms. The van der Waals surface area contributed by atoms with Crippen molar-refractivity contribution in [3.05, 3.63) is 34.9 Å². The Morgan fingerprint density at radius 3 is 2.36 bits per heavy atom. The first-order chi connectivity index (χ1) is 5.15. The van der Waals surface area contributed by atoms with Crippen molar-refractivity contribution in [1.29, 1.82) is 5.26 Å². The first kappa shape index (κ1) is 7.67. The molecule has 0 N–H and O–H groups in total. The van der Waals surface area contributed by atoms with E-state index in [1.54, 1.807) is 13.0 Å². The molecule has 0 bridgehead atoms. The van der Waals surface area contributed by atoms with Crippen molar-refractivity contribution in [3.8, 4) is 6.07 Å². The summed E-state index contributed by atoms with van der Waals surface area (Å²) < 4.78 is 24.8. The monoisotopic (exact) mass is 153 g/mol. The first-order valence-corrected chi connectivity index (χ1v) is 3.01. The van der Waals surface area contributed by atoms with Gasteiger partial charge in [-0.25, -0.2) is 8.78 Å². The Bertz CT molecular complexity index is 326. The molecule has 0 aromatic heterocycles. The molecule has 0 aliphatic carbocycles. The minimum atomic E-state index is -0.979. The molecule has 0 fully saturated rings. The number of aryl methyl sites for hydroxylation is 1. The lowest BCUT2D eigenvalue weighted by Gasteiger charge is -1.96. The van der Waals surface area contributed by atoms with Gasteiger partial charge in [-0.2, -0.15) is 5.26 Å². The van der Waals surface area contributed by atoms with E-state index in [2.05, 4.69) is 0 Å². The molecule has 11 heavy (non-hydrogen) atoms. The fourth-order valence-corrected chi connectivity index (χ4v) is 0.767. The van der Waals surface area contributed by atoms with Gasteiger partial charge in [-0.1, -0.05) is 0 Å². The molecule has 1 rings (SSSR count). The predicted octanol–water partition coefficient (Wildman–Crippen LogP) is 2.14. The number of nitrogens with zero attached hydrogens (tertiary/aromatic N) is 1. The molecule has 0 aliphatic heterocycles. The summed E-state index contributed by atoms with van der Waals surface area (Å²) in [7, 11) is 0. The van der Waals surface area contributed by atoms with Gasteiger partial charge >= 0.3 is 0 Å². The van der Waals surface area contributed by atoms with Gasteiger partial charge in [0.05, 0.1) is 11.6 Å². The molecule has 0 saturated heterocycles. The van der Waals surface area contributed by atoms with Crippen LogP contribution in [0.25, 0.3) is 0 Å². The molecule has 0 aliphatic rings. The van der Waals surface area contributed by atoms with E-state index >= 15 is 0 Å². The third kappa shape index (κ3) is 1.35. The molecular weight excluding hydrogens is 148 g/mol. The van der Waals surface area contributed by atoms with E-state index in [0.29, 0.717) is 5.56 Å². The number of benzene rings is 1. The molecule has 0 heterocycles. The highest BCUT2D eigenvalue weighted by atomic mass is 19.2. The Balaban J connectivity index is 3.35. The number of halogens is 2. The topological polar surface area (TPSA) is 23.8 Å². The standard InChI is InChI=1S/C8H5F2N/c1-5-2-7(9)8(10)3-6(5)4-11/h2-3H,1H3. The van der Waals surface area contributed by atoms with Crippen LogP contribution in [0.4, 0.5) is 8.78 Å². The van der Waals surface area contributed by atoms with Crippen LogP contribution < -0.4 is 0 Å². The maximum Gasteiger partial charge on any atom is 0.160 e. The SMILES string of the molecule is Cc1cc(F)c(F)cc1C#N. The lowest BCUT2D eigenvalue weighted by Crippen LogP contribution is -1.89. The summed E-state index contributed by atoms with van der Waals surface area (Å²) in [6.45, 7) is 1.56. The predicted molar refractivity (Wildman–Crippen MR) is 35.8 cm³/mol. The normalized spacial score (nSPS) is 9.27. The molecule has 0 spiro atoms. The summed E-state index contributed by atoms with van der Waals surface area (Å²) in [4.78, 5) is 0. The van der Waals surface area contributed by atoms with Gasteiger partial charge in [0, 0.05) is 0 Å². The van der Waals surface area contributed by atoms with Crippen molar-refractivity contribution in [2.45, 2.75) is 6.92 Å². The van der Waals surface area contributed by atoms with Crippen LogP contribution in [-0.4, -0.2) is 0 Å². The molecule has 1 aromatic rings. The minimum absolute atomic E-state index is 0.170. The molecule has 1 nitrogen and oxygen atoms in total. The van der Waals surface area contributed by atoms with E-state index in [-0.39, 0.29) is 5.56 Å². The second kappa shape index (κ2) is 2.67. The maximum atomic E-state index is 12.4. The van der Waals surface area contributed by atoms with Gasteiger partial charge in [0.2, 0.25) is 0 Å². The van der Waals surface area contributed by atoms with Crippen molar-refractivity contribution in [2.24, 2.45) is 0 Å². The van der Waals surface area contributed by atoms with E-state index in [0.717, 1.165) is 12.1 Å². The molecule has 0 amide bonds. The minimum Gasteiger partial charge on any atom is -0.204 e. The van der Waals surface area contributed by atoms with Crippen LogP contribution in [0.2, 0.25) is 0 Å². The van der Waals surface area contributed by atoms with Crippen LogP contribution >= 0.6 is 0 Å². The summed E-state index contributed by atoms with van der Waals surface area (Å²) in [6, 6.07) is 3.66. The van der Waals surface area contributed by atoms with E-state index in [1.807, 2.05) is 0 Å². The van der Waals surface area contributed by atoms with Crippen LogP contribution in [0, 0.1) is 29.9 Å². The zero-order valence-corrected chi connectivity index (χ0v) is 5.86. The van der Waals surface area contributed by atoms with E-state index in [1.165, 1.54) is 0 Å². The van der Waals surface area contributed by atoms with E-state index in [9.17, 15) is 8.78 Å². The van der Waals surface area contributed by atoms with E-state index < -0.39 is 11.6 Å². The average molecular weight is 153 g/mol. The molecule has 56 valence electrons. The lowest BCUT2D eigenvalue weighted by molar-refractivity contribution is 0.507. The number of nitriles is 1. The van der Waals surface area contributed by atoms with Crippen molar-refractivity contribution >= 4 is 0 Å². The summed E-state index contributed by atoms with van der Waals surface area (Å²) >= 11 is 0. The molecule has 0 atom stereocenters. The Kier molecular flexibility index (Phi) is 1.86. The third-order valence-electron chi connectivity index (χ3n) is 1.39. The second-order valence-electron chi connectivity index (χ2n) is 2.19.